The van der Waals surface area contributed by atoms with E-state index in [1.165, 1.54) is 0 Å². The fourth-order valence-electron chi connectivity index (χ4n) is 4.27. The molecule has 0 radical (unpaired) electrons. The van der Waals surface area contributed by atoms with E-state index in [0.717, 1.165) is 24.5 Å². The predicted octanol–water partition coefficient (Wildman–Crippen LogP) is 1.35. The number of hydrogen-bond acceptors (Lipinski definition) is 4. The van der Waals surface area contributed by atoms with Gasteiger partial charge in [0.05, 0.1) is 23.9 Å². The maximum absolute atomic E-state index is 13.5. The van der Waals surface area contributed by atoms with Gasteiger partial charge in [-0.2, -0.15) is 10.2 Å². The van der Waals surface area contributed by atoms with Gasteiger partial charge < -0.3 is 4.90 Å². The first-order chi connectivity index (χ1) is 12.6. The van der Waals surface area contributed by atoms with Crippen molar-refractivity contribution in [2.24, 2.45) is 13.0 Å². The molecule has 2 aromatic rings. The highest BCUT2D eigenvalue weighted by Gasteiger charge is 2.43. The van der Waals surface area contributed by atoms with Crippen molar-refractivity contribution in [2.75, 3.05) is 18.0 Å². The Balaban J connectivity index is 1.71. The van der Waals surface area contributed by atoms with Crippen LogP contribution in [0, 0.1) is 5.92 Å². The van der Waals surface area contributed by atoms with Crippen molar-refractivity contribution in [3.05, 3.63) is 30.2 Å². The topological polar surface area (TPSA) is 76.3 Å². The van der Waals surface area contributed by atoms with Gasteiger partial charge in [-0.1, -0.05) is 0 Å². The number of nitrogens with zero attached hydrogens (tertiary/aromatic N) is 6. The van der Waals surface area contributed by atoms with Gasteiger partial charge in [0.2, 0.25) is 11.8 Å². The lowest BCUT2D eigenvalue weighted by atomic mass is 9.85. The van der Waals surface area contributed by atoms with Crippen LogP contribution in [-0.2, 0) is 23.2 Å². The molecule has 0 N–H and O–H groups in total. The molecule has 2 aromatic heterocycles. The van der Waals surface area contributed by atoms with Crippen molar-refractivity contribution >= 4 is 17.6 Å². The lowest BCUT2D eigenvalue weighted by molar-refractivity contribution is -0.142. The average molecular weight is 356 g/mol. The van der Waals surface area contributed by atoms with E-state index < -0.39 is 0 Å². The molecule has 2 aliphatic heterocycles. The summed E-state index contributed by atoms with van der Waals surface area (Å²) in [7, 11) is 1.86. The van der Waals surface area contributed by atoms with Crippen LogP contribution in [0.5, 0.6) is 0 Å². The molecular formula is C18H24N6O2. The fraction of sp³-hybridized carbons (Fsp3) is 0.556. The zero-order valence-corrected chi connectivity index (χ0v) is 15.2. The standard InChI is InChI=1S/C18H24N6O2/c1-3-22-16(25)6-5-13(17(22)14-7-9-19-21(14)2)18(26)23-11-4-12-24-15(23)8-10-20-24/h7-10,13,17H,3-6,11-12H2,1-2H3/t13-,17-/m0/s1. The molecule has 138 valence electrons. The minimum atomic E-state index is -0.278. The molecule has 8 heteroatoms. The number of aromatic nitrogens is 4. The summed E-state index contributed by atoms with van der Waals surface area (Å²) in [6, 6.07) is 3.52. The van der Waals surface area contributed by atoms with Gasteiger partial charge in [0.25, 0.3) is 0 Å². The summed E-state index contributed by atoms with van der Waals surface area (Å²) in [5.74, 6) is 0.754. The first-order valence-corrected chi connectivity index (χ1v) is 9.22. The number of amides is 2. The largest absolute Gasteiger partial charge is 0.334 e. The number of aryl methyl sites for hydroxylation is 2. The number of carbonyl (C=O) groups is 2. The number of likely N-dealkylation sites (tertiary alicyclic amines) is 1. The molecule has 0 bridgehead atoms. The number of hydrogen-bond donors (Lipinski definition) is 0. The van der Waals surface area contributed by atoms with Crippen LogP contribution in [0.15, 0.2) is 24.5 Å². The molecule has 4 rings (SSSR count). The van der Waals surface area contributed by atoms with Crippen LogP contribution in [-0.4, -0.2) is 49.4 Å². The van der Waals surface area contributed by atoms with Gasteiger partial charge in [-0.15, -0.1) is 0 Å². The summed E-state index contributed by atoms with van der Waals surface area (Å²) in [5, 5.41) is 8.56. The van der Waals surface area contributed by atoms with E-state index in [-0.39, 0.29) is 23.8 Å². The first-order valence-electron chi connectivity index (χ1n) is 9.22. The maximum Gasteiger partial charge on any atom is 0.233 e. The second kappa shape index (κ2) is 6.59. The molecule has 0 aromatic carbocycles. The first kappa shape index (κ1) is 16.8. The molecule has 2 atom stereocenters. The van der Waals surface area contributed by atoms with Crippen LogP contribution in [0.3, 0.4) is 0 Å². The monoisotopic (exact) mass is 356 g/mol. The molecule has 26 heavy (non-hydrogen) atoms. The summed E-state index contributed by atoms with van der Waals surface area (Å²) in [6.45, 7) is 4.07. The molecule has 0 spiro atoms. The normalized spacial score (nSPS) is 23.2. The van der Waals surface area contributed by atoms with E-state index in [1.807, 2.05) is 40.6 Å². The van der Waals surface area contributed by atoms with Crippen LogP contribution in [0.1, 0.15) is 37.9 Å². The van der Waals surface area contributed by atoms with Gasteiger partial charge in [-0.3, -0.25) is 19.2 Å². The van der Waals surface area contributed by atoms with Gasteiger partial charge in [0.15, 0.2) is 0 Å². The van der Waals surface area contributed by atoms with Crippen LogP contribution in [0.25, 0.3) is 0 Å². The minimum Gasteiger partial charge on any atom is -0.334 e. The number of fused-ring (bicyclic) bond motifs is 1. The molecule has 1 fully saturated rings. The molecule has 4 heterocycles. The third-order valence-electron chi connectivity index (χ3n) is 5.51. The van der Waals surface area contributed by atoms with E-state index in [0.29, 0.717) is 25.9 Å². The molecule has 8 nitrogen and oxygen atoms in total. The third kappa shape index (κ3) is 2.60. The zero-order valence-electron chi connectivity index (χ0n) is 15.2. The second-order valence-electron chi connectivity index (χ2n) is 6.91. The summed E-state index contributed by atoms with van der Waals surface area (Å²) in [6.07, 6.45) is 5.32. The van der Waals surface area contributed by atoms with Gasteiger partial charge >= 0.3 is 0 Å². The Morgan fingerprint density at radius 1 is 1.23 bits per heavy atom. The van der Waals surface area contributed by atoms with Crippen molar-refractivity contribution in [3.63, 3.8) is 0 Å². The number of carbonyl (C=O) groups excluding carboxylic acids is 2. The minimum absolute atomic E-state index is 0.0728. The summed E-state index contributed by atoms with van der Waals surface area (Å²) in [4.78, 5) is 29.7. The van der Waals surface area contributed by atoms with E-state index in [4.69, 9.17) is 0 Å². The van der Waals surface area contributed by atoms with Crippen LogP contribution < -0.4 is 4.90 Å². The summed E-state index contributed by atoms with van der Waals surface area (Å²) >= 11 is 0. The Morgan fingerprint density at radius 3 is 2.77 bits per heavy atom. The molecule has 2 aliphatic rings. The number of anilines is 1. The smallest absolute Gasteiger partial charge is 0.233 e. The SMILES string of the molecule is CCN1C(=O)CC[C@H](C(=O)N2CCCn3nccc32)[C@H]1c1ccnn1C. The summed E-state index contributed by atoms with van der Waals surface area (Å²) < 4.78 is 3.65. The predicted molar refractivity (Wildman–Crippen MR) is 95.3 cm³/mol. The Hall–Kier alpha value is -2.64. The van der Waals surface area contributed by atoms with Crippen molar-refractivity contribution in [3.8, 4) is 0 Å². The quantitative estimate of drug-likeness (QED) is 0.832. The zero-order chi connectivity index (χ0) is 18.3. The van der Waals surface area contributed by atoms with Gasteiger partial charge in [0.1, 0.15) is 5.82 Å². The van der Waals surface area contributed by atoms with Crippen molar-refractivity contribution in [1.29, 1.82) is 0 Å². The van der Waals surface area contributed by atoms with Crippen LogP contribution in [0.2, 0.25) is 0 Å². The number of rotatable bonds is 3. The van der Waals surface area contributed by atoms with Crippen LogP contribution in [0.4, 0.5) is 5.82 Å². The van der Waals surface area contributed by atoms with E-state index in [1.54, 1.807) is 17.1 Å². The van der Waals surface area contributed by atoms with Gasteiger partial charge in [-0.25, -0.2) is 4.68 Å². The highest BCUT2D eigenvalue weighted by Crippen LogP contribution is 2.38. The molecule has 0 saturated carbocycles. The molecule has 2 amide bonds. The van der Waals surface area contributed by atoms with E-state index in [9.17, 15) is 9.59 Å². The molecule has 0 unspecified atom stereocenters. The van der Waals surface area contributed by atoms with Crippen molar-refractivity contribution in [1.82, 2.24) is 24.5 Å². The number of piperidine rings is 1. The Bertz CT molecular complexity index is 825. The highest BCUT2D eigenvalue weighted by atomic mass is 16.2. The fourth-order valence-corrected chi connectivity index (χ4v) is 4.27. The maximum atomic E-state index is 13.5. The van der Waals surface area contributed by atoms with Crippen molar-refractivity contribution in [2.45, 2.75) is 38.8 Å². The Morgan fingerprint density at radius 2 is 2.04 bits per heavy atom. The Labute approximate surface area is 152 Å². The van der Waals surface area contributed by atoms with Crippen molar-refractivity contribution < 1.29 is 9.59 Å². The second-order valence-corrected chi connectivity index (χ2v) is 6.91. The summed E-state index contributed by atoms with van der Waals surface area (Å²) in [5.41, 5.74) is 0.906. The van der Waals surface area contributed by atoms with Gasteiger partial charge in [0, 0.05) is 45.4 Å². The molecule has 0 aliphatic carbocycles. The van der Waals surface area contributed by atoms with E-state index >= 15 is 0 Å². The van der Waals surface area contributed by atoms with Gasteiger partial charge in [-0.05, 0) is 25.8 Å². The average Bonchev–Trinajstić information content (AvgIpc) is 3.29. The lowest BCUT2D eigenvalue weighted by Gasteiger charge is -2.42. The highest BCUT2D eigenvalue weighted by molar-refractivity contribution is 5.96. The molecule has 1 saturated heterocycles. The lowest BCUT2D eigenvalue weighted by Crippen LogP contribution is -2.50. The third-order valence-corrected chi connectivity index (χ3v) is 5.51. The molecular weight excluding hydrogens is 332 g/mol. The van der Waals surface area contributed by atoms with Crippen LogP contribution >= 0.6 is 0 Å². The Kier molecular flexibility index (Phi) is 4.26. The van der Waals surface area contributed by atoms with E-state index in [2.05, 4.69) is 10.2 Å².